The molecule has 1 aliphatic heterocycles. The standard InChI is InChI=1S/C27H35N3O/c31-27(28-26-15-13-25(14-16-26)24-11-5-2-6-12-24)22-30-20-18-29(19-21-30)17-7-10-23-8-3-1-4-9-23/h1,3-4,7-10,13-16,24H,2,5-6,11-12,17-22H2,(H,28,31). The molecular formula is C27H35N3O. The van der Waals surface area contributed by atoms with E-state index in [1.54, 1.807) is 0 Å². The molecule has 2 aromatic carbocycles. The molecule has 164 valence electrons. The molecule has 0 spiro atoms. The first-order chi connectivity index (χ1) is 15.3. The quantitative estimate of drug-likeness (QED) is 0.688. The van der Waals surface area contributed by atoms with Gasteiger partial charge in [0.1, 0.15) is 0 Å². The second-order valence-corrected chi connectivity index (χ2v) is 8.89. The van der Waals surface area contributed by atoms with E-state index in [2.05, 4.69) is 75.8 Å². The maximum Gasteiger partial charge on any atom is 0.238 e. The first-order valence-corrected chi connectivity index (χ1v) is 11.8. The highest BCUT2D eigenvalue weighted by Crippen LogP contribution is 2.32. The van der Waals surface area contributed by atoms with Gasteiger partial charge in [0.2, 0.25) is 5.91 Å². The smallest absolute Gasteiger partial charge is 0.238 e. The molecule has 4 nitrogen and oxygen atoms in total. The van der Waals surface area contributed by atoms with Gasteiger partial charge in [-0.1, -0.05) is 73.9 Å². The number of hydrogen-bond acceptors (Lipinski definition) is 3. The highest BCUT2D eigenvalue weighted by molar-refractivity contribution is 5.92. The van der Waals surface area contributed by atoms with Crippen molar-refractivity contribution in [3.63, 3.8) is 0 Å². The highest BCUT2D eigenvalue weighted by Gasteiger charge is 2.19. The summed E-state index contributed by atoms with van der Waals surface area (Å²) in [5.74, 6) is 0.792. The van der Waals surface area contributed by atoms with Gasteiger partial charge in [-0.3, -0.25) is 14.6 Å². The highest BCUT2D eigenvalue weighted by atomic mass is 16.2. The second kappa shape index (κ2) is 11.3. The SMILES string of the molecule is O=C(CN1CCN(CC=Cc2ccccc2)CC1)Nc1ccc(C2CCCCC2)cc1. The third kappa shape index (κ3) is 6.78. The van der Waals surface area contributed by atoms with E-state index >= 15 is 0 Å². The number of carbonyl (C=O) groups is 1. The van der Waals surface area contributed by atoms with Crippen molar-refractivity contribution in [2.75, 3.05) is 44.6 Å². The second-order valence-electron chi connectivity index (χ2n) is 8.89. The van der Waals surface area contributed by atoms with Gasteiger partial charge in [0.05, 0.1) is 6.54 Å². The van der Waals surface area contributed by atoms with Gasteiger partial charge in [0.25, 0.3) is 0 Å². The van der Waals surface area contributed by atoms with Crippen LogP contribution in [0, 0.1) is 0 Å². The van der Waals surface area contributed by atoms with Crippen molar-refractivity contribution in [2.24, 2.45) is 0 Å². The summed E-state index contributed by atoms with van der Waals surface area (Å²) in [5.41, 5.74) is 3.58. The van der Waals surface area contributed by atoms with E-state index in [-0.39, 0.29) is 5.91 Å². The van der Waals surface area contributed by atoms with Gasteiger partial charge in [-0.05, 0) is 42.0 Å². The molecule has 1 aliphatic carbocycles. The van der Waals surface area contributed by atoms with Gasteiger partial charge >= 0.3 is 0 Å². The Labute approximate surface area is 186 Å². The molecule has 2 aliphatic rings. The van der Waals surface area contributed by atoms with Gasteiger partial charge < -0.3 is 5.32 Å². The maximum absolute atomic E-state index is 12.5. The molecule has 1 saturated heterocycles. The molecule has 1 heterocycles. The summed E-state index contributed by atoms with van der Waals surface area (Å²) in [6, 6.07) is 19.0. The van der Waals surface area contributed by atoms with Gasteiger partial charge in [0.15, 0.2) is 0 Å². The predicted octanol–water partition coefficient (Wildman–Crippen LogP) is 5.00. The van der Waals surface area contributed by atoms with Crippen LogP contribution in [0.15, 0.2) is 60.7 Å². The minimum absolute atomic E-state index is 0.0860. The molecule has 0 radical (unpaired) electrons. The zero-order valence-corrected chi connectivity index (χ0v) is 18.5. The third-order valence-electron chi connectivity index (χ3n) is 6.58. The Balaban J connectivity index is 1.16. The van der Waals surface area contributed by atoms with Crippen LogP contribution in [0.25, 0.3) is 6.08 Å². The third-order valence-corrected chi connectivity index (χ3v) is 6.58. The number of hydrogen-bond donors (Lipinski definition) is 1. The van der Waals surface area contributed by atoms with Crippen molar-refractivity contribution in [3.8, 4) is 0 Å². The molecule has 31 heavy (non-hydrogen) atoms. The summed E-state index contributed by atoms with van der Waals surface area (Å²) < 4.78 is 0. The molecule has 2 fully saturated rings. The average molecular weight is 418 g/mol. The Bertz CT molecular complexity index is 833. The normalized spacial score (nSPS) is 19.0. The largest absolute Gasteiger partial charge is 0.325 e. The van der Waals surface area contributed by atoms with Gasteiger partial charge in [-0.15, -0.1) is 0 Å². The monoisotopic (exact) mass is 417 g/mol. The van der Waals surface area contributed by atoms with E-state index in [4.69, 9.17) is 0 Å². The Kier molecular flexibility index (Phi) is 7.92. The summed E-state index contributed by atoms with van der Waals surface area (Å²) in [5, 5.41) is 3.08. The lowest BCUT2D eigenvalue weighted by Gasteiger charge is -2.33. The Hall–Kier alpha value is -2.43. The van der Waals surface area contributed by atoms with Gasteiger partial charge in [-0.25, -0.2) is 0 Å². The number of nitrogens with one attached hydrogen (secondary N) is 1. The van der Waals surface area contributed by atoms with E-state index in [1.807, 2.05) is 6.07 Å². The van der Waals surface area contributed by atoms with Crippen molar-refractivity contribution >= 4 is 17.7 Å². The van der Waals surface area contributed by atoms with Crippen LogP contribution in [-0.4, -0.2) is 55.0 Å². The topological polar surface area (TPSA) is 35.6 Å². The van der Waals surface area contributed by atoms with Crippen molar-refractivity contribution < 1.29 is 4.79 Å². The van der Waals surface area contributed by atoms with Crippen LogP contribution < -0.4 is 5.32 Å². The van der Waals surface area contributed by atoms with Gasteiger partial charge in [-0.2, -0.15) is 0 Å². The molecule has 0 unspecified atom stereocenters. The lowest BCUT2D eigenvalue weighted by Crippen LogP contribution is -2.48. The summed E-state index contributed by atoms with van der Waals surface area (Å²) in [4.78, 5) is 17.2. The number of piperazine rings is 1. The van der Waals surface area contributed by atoms with E-state index in [9.17, 15) is 4.79 Å². The minimum atomic E-state index is 0.0860. The fourth-order valence-corrected chi connectivity index (χ4v) is 4.71. The molecule has 2 aromatic rings. The molecule has 0 bridgehead atoms. The first kappa shape index (κ1) is 21.8. The van der Waals surface area contributed by atoms with Crippen LogP contribution in [0.4, 0.5) is 5.69 Å². The van der Waals surface area contributed by atoms with Crippen LogP contribution in [0.1, 0.15) is 49.1 Å². The molecule has 4 rings (SSSR count). The Morgan fingerprint density at radius 1 is 0.871 bits per heavy atom. The van der Waals surface area contributed by atoms with E-state index < -0.39 is 0 Å². The zero-order valence-electron chi connectivity index (χ0n) is 18.5. The fourth-order valence-electron chi connectivity index (χ4n) is 4.71. The van der Waals surface area contributed by atoms with Crippen LogP contribution in [0.2, 0.25) is 0 Å². The van der Waals surface area contributed by atoms with Gasteiger partial charge in [0, 0.05) is 38.4 Å². The van der Waals surface area contributed by atoms with Crippen LogP contribution in [-0.2, 0) is 4.79 Å². The van der Waals surface area contributed by atoms with Crippen molar-refractivity contribution in [2.45, 2.75) is 38.0 Å². The number of nitrogens with zero attached hydrogens (tertiary/aromatic N) is 2. The zero-order chi connectivity index (χ0) is 21.3. The summed E-state index contributed by atoms with van der Waals surface area (Å²) in [6.07, 6.45) is 11.1. The Morgan fingerprint density at radius 3 is 2.26 bits per heavy atom. The molecular weight excluding hydrogens is 382 g/mol. The van der Waals surface area contributed by atoms with Crippen molar-refractivity contribution in [3.05, 3.63) is 71.8 Å². The molecule has 1 amide bonds. The average Bonchev–Trinajstić information content (AvgIpc) is 2.82. The van der Waals surface area contributed by atoms with Crippen LogP contribution in [0.3, 0.4) is 0 Å². The number of rotatable bonds is 7. The fraction of sp³-hybridized carbons (Fsp3) is 0.444. The molecule has 0 atom stereocenters. The number of benzene rings is 2. The van der Waals surface area contributed by atoms with E-state index in [1.165, 1.54) is 43.2 Å². The minimum Gasteiger partial charge on any atom is -0.325 e. The summed E-state index contributed by atoms with van der Waals surface area (Å²) in [7, 11) is 0. The van der Waals surface area contributed by atoms with E-state index in [0.29, 0.717) is 12.5 Å². The molecule has 4 heteroatoms. The van der Waals surface area contributed by atoms with Crippen molar-refractivity contribution in [1.29, 1.82) is 0 Å². The molecule has 1 N–H and O–H groups in total. The lowest BCUT2D eigenvalue weighted by atomic mass is 9.84. The summed E-state index contributed by atoms with van der Waals surface area (Å²) >= 11 is 0. The van der Waals surface area contributed by atoms with E-state index in [0.717, 1.165) is 38.4 Å². The van der Waals surface area contributed by atoms with Crippen LogP contribution in [0.5, 0.6) is 0 Å². The lowest BCUT2D eigenvalue weighted by molar-refractivity contribution is -0.117. The first-order valence-electron chi connectivity index (χ1n) is 11.8. The number of amides is 1. The summed E-state index contributed by atoms with van der Waals surface area (Å²) in [6.45, 7) is 5.31. The maximum atomic E-state index is 12.5. The number of anilines is 1. The Morgan fingerprint density at radius 2 is 1.55 bits per heavy atom. The van der Waals surface area contributed by atoms with Crippen molar-refractivity contribution in [1.82, 2.24) is 9.80 Å². The molecule has 1 saturated carbocycles. The number of carbonyl (C=O) groups excluding carboxylic acids is 1. The van der Waals surface area contributed by atoms with Crippen LogP contribution >= 0.6 is 0 Å². The molecule has 0 aromatic heterocycles. The predicted molar refractivity (Wildman–Crippen MR) is 129 cm³/mol.